The largest absolute Gasteiger partial charge is 0.497 e. The third-order valence-corrected chi connectivity index (χ3v) is 5.23. The van der Waals surface area contributed by atoms with Crippen LogP contribution in [-0.4, -0.2) is 24.7 Å². The molecule has 0 bridgehead atoms. The van der Waals surface area contributed by atoms with Crippen molar-refractivity contribution in [3.05, 3.63) is 51.8 Å². The molecule has 1 aromatic heterocycles. The number of fused-ring (bicyclic) bond motifs is 1. The van der Waals surface area contributed by atoms with Crippen molar-refractivity contribution in [2.24, 2.45) is 12.0 Å². The molecular formula is C18H17ClN2O3S. The summed E-state index contributed by atoms with van der Waals surface area (Å²) in [5, 5.41) is 0.641. The van der Waals surface area contributed by atoms with E-state index in [1.54, 1.807) is 26.4 Å². The topological polar surface area (TPSA) is 52.8 Å². The lowest BCUT2D eigenvalue weighted by Crippen LogP contribution is -2.14. The van der Waals surface area contributed by atoms with Gasteiger partial charge in [0.2, 0.25) is 0 Å². The molecule has 3 rings (SSSR count). The van der Waals surface area contributed by atoms with Crippen LogP contribution in [0.5, 0.6) is 11.5 Å². The van der Waals surface area contributed by atoms with E-state index in [1.807, 2.05) is 35.9 Å². The number of methoxy groups -OCH3 is 2. The second-order valence-corrected chi connectivity index (χ2v) is 6.81. The lowest BCUT2D eigenvalue weighted by molar-refractivity contribution is -0.117. The molecule has 0 aliphatic heterocycles. The van der Waals surface area contributed by atoms with Crippen LogP contribution in [0.2, 0.25) is 5.02 Å². The third kappa shape index (κ3) is 3.55. The van der Waals surface area contributed by atoms with Crippen LogP contribution in [0.3, 0.4) is 0 Å². The van der Waals surface area contributed by atoms with Crippen molar-refractivity contribution in [2.45, 2.75) is 6.42 Å². The first-order valence-corrected chi connectivity index (χ1v) is 8.75. The number of rotatable bonds is 4. The van der Waals surface area contributed by atoms with E-state index in [1.165, 1.54) is 11.3 Å². The molecule has 0 fully saturated rings. The van der Waals surface area contributed by atoms with Gasteiger partial charge in [-0.25, -0.2) is 0 Å². The molecule has 5 nitrogen and oxygen atoms in total. The van der Waals surface area contributed by atoms with E-state index in [0.717, 1.165) is 15.8 Å². The predicted molar refractivity (Wildman–Crippen MR) is 99.6 cm³/mol. The third-order valence-electron chi connectivity index (χ3n) is 3.83. The molecule has 0 unspecified atom stereocenters. The Labute approximate surface area is 154 Å². The van der Waals surface area contributed by atoms with Crippen molar-refractivity contribution in [3.63, 3.8) is 0 Å². The summed E-state index contributed by atoms with van der Waals surface area (Å²) in [6.45, 7) is 0. The minimum absolute atomic E-state index is 0.148. The number of halogens is 1. The second kappa shape index (κ2) is 7.29. The number of aromatic nitrogens is 1. The van der Waals surface area contributed by atoms with Crippen LogP contribution in [0.4, 0.5) is 0 Å². The zero-order valence-corrected chi connectivity index (χ0v) is 15.6. The van der Waals surface area contributed by atoms with Gasteiger partial charge in [0, 0.05) is 18.7 Å². The first-order valence-electron chi connectivity index (χ1n) is 7.56. The highest BCUT2D eigenvalue weighted by Gasteiger charge is 2.11. The van der Waals surface area contributed by atoms with Gasteiger partial charge >= 0.3 is 0 Å². The summed E-state index contributed by atoms with van der Waals surface area (Å²) < 4.78 is 13.3. The summed E-state index contributed by atoms with van der Waals surface area (Å²) in [4.78, 5) is 17.3. The van der Waals surface area contributed by atoms with E-state index in [4.69, 9.17) is 21.1 Å². The number of amides is 1. The molecule has 0 atom stereocenters. The van der Waals surface area contributed by atoms with Gasteiger partial charge in [0.1, 0.15) is 11.5 Å². The quantitative estimate of drug-likeness (QED) is 0.699. The summed E-state index contributed by atoms with van der Waals surface area (Å²) >= 11 is 7.67. The molecule has 0 aliphatic rings. The van der Waals surface area contributed by atoms with Gasteiger partial charge in [-0.15, -0.1) is 0 Å². The average molecular weight is 377 g/mol. The predicted octanol–water partition coefficient (Wildman–Crippen LogP) is 3.58. The van der Waals surface area contributed by atoms with Crippen LogP contribution >= 0.6 is 22.9 Å². The van der Waals surface area contributed by atoms with Gasteiger partial charge in [-0.1, -0.05) is 35.1 Å². The van der Waals surface area contributed by atoms with Crippen molar-refractivity contribution in [1.82, 2.24) is 4.57 Å². The number of carbonyl (C=O) groups is 1. The summed E-state index contributed by atoms with van der Waals surface area (Å²) in [7, 11) is 5.00. The summed E-state index contributed by atoms with van der Waals surface area (Å²) in [5.74, 6) is 1.03. The molecule has 0 spiro atoms. The van der Waals surface area contributed by atoms with Crippen LogP contribution in [0, 0.1) is 0 Å². The monoisotopic (exact) mass is 376 g/mol. The number of hydrogen-bond donors (Lipinski definition) is 0. The molecule has 7 heteroatoms. The fourth-order valence-electron chi connectivity index (χ4n) is 2.57. The van der Waals surface area contributed by atoms with Crippen LogP contribution in [0.25, 0.3) is 10.2 Å². The first-order chi connectivity index (χ1) is 12.0. The maximum atomic E-state index is 12.4. The van der Waals surface area contributed by atoms with Gasteiger partial charge in [0.25, 0.3) is 5.91 Å². The van der Waals surface area contributed by atoms with Crippen LogP contribution < -0.4 is 14.3 Å². The molecule has 1 heterocycles. The van der Waals surface area contributed by atoms with E-state index < -0.39 is 0 Å². The van der Waals surface area contributed by atoms with Crippen LogP contribution in [-0.2, 0) is 18.3 Å². The SMILES string of the molecule is COc1ccc(CC(=O)N=c2sc3cccc(Cl)c3n2C)c(OC)c1. The van der Waals surface area contributed by atoms with E-state index in [9.17, 15) is 4.79 Å². The van der Waals surface area contributed by atoms with Gasteiger partial charge in [-0.2, -0.15) is 4.99 Å². The molecule has 0 saturated carbocycles. The summed E-state index contributed by atoms with van der Waals surface area (Å²) in [5.41, 5.74) is 1.64. The van der Waals surface area contributed by atoms with Crippen LogP contribution in [0.15, 0.2) is 41.4 Å². The number of benzene rings is 2. The number of hydrogen-bond acceptors (Lipinski definition) is 4. The molecule has 2 aromatic carbocycles. The van der Waals surface area contributed by atoms with Crippen molar-refractivity contribution in [2.75, 3.05) is 14.2 Å². The fraction of sp³-hybridized carbons (Fsp3) is 0.222. The molecule has 25 heavy (non-hydrogen) atoms. The Morgan fingerprint density at radius 1 is 1.24 bits per heavy atom. The molecular weight excluding hydrogens is 360 g/mol. The Hall–Kier alpha value is -2.31. The number of nitrogens with zero attached hydrogens (tertiary/aromatic N) is 2. The highest BCUT2D eigenvalue weighted by atomic mass is 35.5. The minimum atomic E-state index is -0.248. The van der Waals surface area contributed by atoms with Crippen LogP contribution in [0.1, 0.15) is 5.56 Å². The Morgan fingerprint density at radius 2 is 2.04 bits per heavy atom. The molecule has 3 aromatic rings. The summed E-state index contributed by atoms with van der Waals surface area (Å²) in [6, 6.07) is 11.0. The number of thiazole rings is 1. The minimum Gasteiger partial charge on any atom is -0.497 e. The van der Waals surface area contributed by atoms with E-state index in [-0.39, 0.29) is 12.3 Å². The van der Waals surface area contributed by atoms with E-state index in [2.05, 4.69) is 4.99 Å². The molecule has 0 saturated heterocycles. The van der Waals surface area contributed by atoms with Gasteiger partial charge in [0.15, 0.2) is 4.80 Å². The van der Waals surface area contributed by atoms with Gasteiger partial charge < -0.3 is 14.0 Å². The number of para-hydroxylation sites is 1. The lowest BCUT2D eigenvalue weighted by atomic mass is 10.1. The molecule has 130 valence electrons. The normalized spacial score (nSPS) is 11.8. The maximum absolute atomic E-state index is 12.4. The van der Waals surface area contributed by atoms with Crippen molar-refractivity contribution >= 4 is 39.1 Å². The first kappa shape index (κ1) is 17.5. The van der Waals surface area contributed by atoms with Gasteiger partial charge in [0.05, 0.1) is 35.9 Å². The standard InChI is InChI=1S/C18H17ClN2O3S/c1-21-17-13(19)5-4-6-15(17)25-18(21)20-16(22)9-11-7-8-12(23-2)10-14(11)24-3/h4-8,10H,9H2,1-3H3. The Bertz CT molecular complexity index is 1010. The molecule has 1 amide bonds. The van der Waals surface area contributed by atoms with E-state index >= 15 is 0 Å². The highest BCUT2D eigenvalue weighted by Crippen LogP contribution is 2.26. The Balaban J connectivity index is 1.94. The average Bonchev–Trinajstić information content (AvgIpc) is 2.92. The number of ether oxygens (including phenoxy) is 2. The summed E-state index contributed by atoms with van der Waals surface area (Å²) in [6.07, 6.45) is 0.148. The van der Waals surface area contributed by atoms with Crippen molar-refractivity contribution in [1.29, 1.82) is 0 Å². The van der Waals surface area contributed by atoms with Crippen molar-refractivity contribution < 1.29 is 14.3 Å². The second-order valence-electron chi connectivity index (χ2n) is 5.39. The van der Waals surface area contributed by atoms with Gasteiger partial charge in [-0.3, -0.25) is 4.79 Å². The van der Waals surface area contributed by atoms with Gasteiger partial charge in [-0.05, 0) is 18.2 Å². The molecule has 0 N–H and O–H groups in total. The smallest absolute Gasteiger partial charge is 0.252 e. The lowest BCUT2D eigenvalue weighted by Gasteiger charge is -2.08. The fourth-order valence-corrected chi connectivity index (χ4v) is 3.99. The molecule has 0 aliphatic carbocycles. The maximum Gasteiger partial charge on any atom is 0.252 e. The highest BCUT2D eigenvalue weighted by molar-refractivity contribution is 7.16. The molecule has 0 radical (unpaired) electrons. The Morgan fingerprint density at radius 3 is 2.72 bits per heavy atom. The zero-order valence-electron chi connectivity index (χ0n) is 14.1. The van der Waals surface area contributed by atoms with Crippen molar-refractivity contribution in [3.8, 4) is 11.5 Å². The Kier molecular flexibility index (Phi) is 5.11. The number of carbonyl (C=O) groups excluding carboxylic acids is 1. The zero-order chi connectivity index (χ0) is 18.0. The number of aryl methyl sites for hydroxylation is 1. The van der Waals surface area contributed by atoms with E-state index in [0.29, 0.717) is 21.3 Å².